The summed E-state index contributed by atoms with van der Waals surface area (Å²) in [6.45, 7) is 10.1. The molecule has 1 aliphatic heterocycles. The first-order valence-corrected chi connectivity index (χ1v) is 13.1. The van der Waals surface area contributed by atoms with Crippen molar-refractivity contribution in [1.82, 2.24) is 4.90 Å². The maximum Gasteiger partial charge on any atom is 0.150 e. The Balaban J connectivity index is 1.45. The molecule has 0 saturated carbocycles. The van der Waals surface area contributed by atoms with Crippen LogP contribution in [0.2, 0.25) is 0 Å². The second kappa shape index (κ2) is 12.6. The van der Waals surface area contributed by atoms with Gasteiger partial charge < -0.3 is 15.0 Å². The van der Waals surface area contributed by atoms with E-state index in [0.29, 0.717) is 11.1 Å². The van der Waals surface area contributed by atoms with Crippen LogP contribution < -0.4 is 10.2 Å². The monoisotopic (exact) mass is 508 g/mol. The molecule has 1 N–H and O–H groups in total. The van der Waals surface area contributed by atoms with Crippen LogP contribution in [0.5, 0.6) is 0 Å². The van der Waals surface area contributed by atoms with E-state index >= 15 is 0 Å². The number of anilines is 2. The molecular formula is C32H36N4O2. The number of hydrogen-bond acceptors (Lipinski definition) is 6. The van der Waals surface area contributed by atoms with Crippen molar-refractivity contribution in [2.24, 2.45) is 0 Å². The predicted molar refractivity (Wildman–Crippen MR) is 155 cm³/mol. The van der Waals surface area contributed by atoms with Crippen LogP contribution in [-0.4, -0.2) is 56.6 Å². The third kappa shape index (κ3) is 6.69. The number of rotatable bonds is 9. The van der Waals surface area contributed by atoms with Crippen molar-refractivity contribution in [1.29, 1.82) is 5.26 Å². The molecule has 4 rings (SSSR count). The summed E-state index contributed by atoms with van der Waals surface area (Å²) in [7, 11) is 2.01. The molecule has 1 aliphatic rings. The van der Waals surface area contributed by atoms with Gasteiger partial charge in [0.05, 0.1) is 23.8 Å². The van der Waals surface area contributed by atoms with Gasteiger partial charge in [0.25, 0.3) is 0 Å². The zero-order chi connectivity index (χ0) is 27.1. The van der Waals surface area contributed by atoms with Gasteiger partial charge in [-0.25, -0.2) is 0 Å². The quantitative estimate of drug-likeness (QED) is 0.355. The minimum absolute atomic E-state index is 0.281. The van der Waals surface area contributed by atoms with Crippen molar-refractivity contribution in [2.45, 2.75) is 33.0 Å². The number of carbonyl (C=O) groups is 1. The van der Waals surface area contributed by atoms with E-state index in [4.69, 9.17) is 10.00 Å². The van der Waals surface area contributed by atoms with Gasteiger partial charge in [0.15, 0.2) is 6.29 Å². The van der Waals surface area contributed by atoms with E-state index in [2.05, 4.69) is 65.5 Å². The Morgan fingerprint density at radius 1 is 1.08 bits per heavy atom. The fourth-order valence-corrected chi connectivity index (χ4v) is 5.14. The molecule has 0 bridgehead atoms. The molecule has 1 heterocycles. The number of morpholine rings is 1. The van der Waals surface area contributed by atoms with Crippen molar-refractivity contribution in [3.8, 4) is 17.2 Å². The maximum absolute atomic E-state index is 11.9. The van der Waals surface area contributed by atoms with Crippen molar-refractivity contribution in [2.75, 3.05) is 43.4 Å². The third-order valence-corrected chi connectivity index (χ3v) is 6.86. The molecule has 3 aromatic rings. The fourth-order valence-electron chi connectivity index (χ4n) is 5.14. The van der Waals surface area contributed by atoms with Crippen LogP contribution in [0.1, 0.15) is 42.3 Å². The molecule has 0 spiro atoms. The number of benzene rings is 3. The number of allylic oxidation sites excluding steroid dienone is 1. The molecule has 1 fully saturated rings. The lowest BCUT2D eigenvalue weighted by Gasteiger charge is -2.35. The number of ether oxygens (including phenoxy) is 1. The van der Waals surface area contributed by atoms with Crippen LogP contribution in [0.15, 0.2) is 72.9 Å². The lowest BCUT2D eigenvalue weighted by molar-refractivity contribution is -0.0667. The van der Waals surface area contributed by atoms with Crippen LogP contribution in [0.25, 0.3) is 16.7 Å². The summed E-state index contributed by atoms with van der Waals surface area (Å²) in [6.07, 6.45) is 3.52. The van der Waals surface area contributed by atoms with Gasteiger partial charge in [0.1, 0.15) is 0 Å². The van der Waals surface area contributed by atoms with Gasteiger partial charge in [-0.3, -0.25) is 9.69 Å². The van der Waals surface area contributed by atoms with Crippen LogP contribution in [0.4, 0.5) is 11.4 Å². The van der Waals surface area contributed by atoms with E-state index in [0.717, 1.165) is 66.1 Å². The molecule has 0 amide bonds. The summed E-state index contributed by atoms with van der Waals surface area (Å²) < 4.78 is 5.82. The van der Waals surface area contributed by atoms with Crippen LogP contribution in [-0.2, 0) is 4.74 Å². The summed E-state index contributed by atoms with van der Waals surface area (Å²) in [6, 6.07) is 23.7. The highest BCUT2D eigenvalue weighted by molar-refractivity contribution is 5.93. The number of nitriles is 1. The van der Waals surface area contributed by atoms with Crippen molar-refractivity contribution in [3.63, 3.8) is 0 Å². The summed E-state index contributed by atoms with van der Waals surface area (Å²) in [4.78, 5) is 16.4. The Hall–Kier alpha value is -3.92. The molecule has 2 unspecified atom stereocenters. The topological polar surface area (TPSA) is 68.6 Å². The number of hydrogen-bond donors (Lipinski definition) is 1. The molecule has 0 aromatic heterocycles. The standard InChI is InChI=1S/C32H36N4O2/c1-23(32-28(22-37)6-5-7-31(32)27-10-8-26(18-33)9-11-27)19-35(4)30-14-12-29(13-15-30)34-16-17-36-20-24(2)38-25(3)21-36/h5-15,19,22,24-25,34H,16-17,20-21H2,1-4H3/b23-19-. The first kappa shape index (κ1) is 27.1. The average molecular weight is 509 g/mol. The number of aldehydes is 1. The zero-order valence-electron chi connectivity index (χ0n) is 22.6. The predicted octanol–water partition coefficient (Wildman–Crippen LogP) is 6.06. The normalized spacial score (nSPS) is 18.0. The maximum atomic E-state index is 11.9. The summed E-state index contributed by atoms with van der Waals surface area (Å²) in [5.74, 6) is 0. The molecule has 1 saturated heterocycles. The Kier molecular flexibility index (Phi) is 8.96. The Bertz CT molecular complexity index is 1300. The molecule has 0 radical (unpaired) electrons. The van der Waals surface area contributed by atoms with E-state index in [1.807, 2.05) is 44.3 Å². The second-order valence-corrected chi connectivity index (χ2v) is 9.99. The average Bonchev–Trinajstić information content (AvgIpc) is 2.92. The molecular weight excluding hydrogens is 472 g/mol. The van der Waals surface area contributed by atoms with E-state index in [1.165, 1.54) is 0 Å². The molecule has 6 heteroatoms. The highest BCUT2D eigenvalue weighted by atomic mass is 16.5. The van der Waals surface area contributed by atoms with Crippen molar-refractivity contribution < 1.29 is 9.53 Å². The number of carbonyl (C=O) groups excluding carboxylic acids is 1. The minimum atomic E-state index is 0.281. The summed E-state index contributed by atoms with van der Waals surface area (Å²) in [5.41, 5.74) is 7.18. The first-order valence-electron chi connectivity index (χ1n) is 13.1. The lowest BCUT2D eigenvalue weighted by atomic mass is 9.91. The molecule has 6 nitrogen and oxygen atoms in total. The number of nitrogens with zero attached hydrogens (tertiary/aromatic N) is 3. The molecule has 196 valence electrons. The van der Waals surface area contributed by atoms with Gasteiger partial charge in [-0.15, -0.1) is 0 Å². The first-order chi connectivity index (χ1) is 18.4. The van der Waals surface area contributed by atoms with Gasteiger partial charge in [0.2, 0.25) is 0 Å². The minimum Gasteiger partial charge on any atom is -0.384 e. The van der Waals surface area contributed by atoms with E-state index in [-0.39, 0.29) is 12.2 Å². The van der Waals surface area contributed by atoms with Crippen molar-refractivity contribution >= 4 is 23.2 Å². The summed E-state index contributed by atoms with van der Waals surface area (Å²) in [5, 5.41) is 12.7. The highest BCUT2D eigenvalue weighted by Crippen LogP contribution is 2.32. The molecule has 0 aliphatic carbocycles. The second-order valence-electron chi connectivity index (χ2n) is 9.99. The molecule has 3 aromatic carbocycles. The van der Waals surface area contributed by atoms with E-state index < -0.39 is 0 Å². The van der Waals surface area contributed by atoms with Gasteiger partial charge in [-0.2, -0.15) is 5.26 Å². The fraction of sp³-hybridized carbons (Fsp3) is 0.312. The van der Waals surface area contributed by atoms with E-state index in [9.17, 15) is 4.79 Å². The van der Waals surface area contributed by atoms with Crippen molar-refractivity contribution in [3.05, 3.63) is 89.6 Å². The Morgan fingerprint density at radius 3 is 2.39 bits per heavy atom. The lowest BCUT2D eigenvalue weighted by Crippen LogP contribution is -2.46. The van der Waals surface area contributed by atoms with Gasteiger partial charge in [-0.1, -0.05) is 30.3 Å². The van der Waals surface area contributed by atoms with E-state index in [1.54, 1.807) is 12.1 Å². The summed E-state index contributed by atoms with van der Waals surface area (Å²) >= 11 is 0. The largest absolute Gasteiger partial charge is 0.384 e. The highest BCUT2D eigenvalue weighted by Gasteiger charge is 2.21. The Morgan fingerprint density at radius 2 is 1.76 bits per heavy atom. The smallest absolute Gasteiger partial charge is 0.150 e. The van der Waals surface area contributed by atoms with Crippen LogP contribution in [0, 0.1) is 11.3 Å². The van der Waals surface area contributed by atoms with Gasteiger partial charge in [-0.05, 0) is 79.4 Å². The molecule has 38 heavy (non-hydrogen) atoms. The van der Waals surface area contributed by atoms with Gasteiger partial charge in [0, 0.05) is 56.4 Å². The van der Waals surface area contributed by atoms with Crippen LogP contribution >= 0.6 is 0 Å². The third-order valence-electron chi connectivity index (χ3n) is 6.86. The molecule has 2 atom stereocenters. The zero-order valence-corrected chi connectivity index (χ0v) is 22.6. The number of nitrogens with one attached hydrogen (secondary N) is 1. The SMILES string of the molecule is C/C(=C/N(C)c1ccc(NCCN2CC(C)OC(C)C2)cc1)c1c(C=O)cccc1-c1ccc(C#N)cc1. The Labute approximate surface area is 226 Å². The van der Waals surface area contributed by atoms with Crippen LogP contribution in [0.3, 0.4) is 0 Å². The van der Waals surface area contributed by atoms with Gasteiger partial charge >= 0.3 is 0 Å².